The molecular weight excluding hydrogens is 319 g/mol. The molecule has 2 aromatic rings. The van der Waals surface area contributed by atoms with Crippen LogP contribution in [0.15, 0.2) is 54.6 Å². The first kappa shape index (κ1) is 17.1. The summed E-state index contributed by atoms with van der Waals surface area (Å²) in [5.74, 6) is -0.628. The van der Waals surface area contributed by atoms with E-state index in [0.717, 1.165) is 24.5 Å². The number of amides is 3. The number of hydrogen-bond donors (Lipinski definition) is 1. The van der Waals surface area contributed by atoms with Crippen molar-refractivity contribution in [1.82, 2.24) is 10.2 Å². The summed E-state index contributed by atoms with van der Waals surface area (Å²) < 4.78 is 13.3. The standard InChI is InChI=1S/C20H21FN2O2/c1-14(16-10-11-16)23(13-15-6-3-2-4-7-15)20(25)22-19(24)17-8-5-9-18(21)12-17/h2-9,12,14,16H,10-11,13H2,1H3,(H,22,24,25)/t14-/m0/s1. The van der Waals surface area contributed by atoms with Gasteiger partial charge < -0.3 is 4.90 Å². The number of halogens is 1. The van der Waals surface area contributed by atoms with Crippen molar-refractivity contribution in [2.45, 2.75) is 32.4 Å². The van der Waals surface area contributed by atoms with Crippen molar-refractivity contribution in [2.24, 2.45) is 5.92 Å². The molecule has 3 rings (SSSR count). The molecular formula is C20H21FN2O2. The number of carbonyl (C=O) groups is 2. The minimum Gasteiger partial charge on any atom is -0.317 e. The number of nitrogens with one attached hydrogen (secondary N) is 1. The lowest BCUT2D eigenvalue weighted by atomic mass is 10.1. The number of nitrogens with zero attached hydrogens (tertiary/aromatic N) is 1. The lowest BCUT2D eigenvalue weighted by Crippen LogP contribution is -2.47. The molecule has 0 radical (unpaired) electrons. The number of urea groups is 1. The van der Waals surface area contributed by atoms with Crippen molar-refractivity contribution in [3.63, 3.8) is 0 Å². The molecule has 0 aromatic heterocycles. The normalized spacial score (nSPS) is 14.6. The lowest BCUT2D eigenvalue weighted by molar-refractivity contribution is 0.0940. The summed E-state index contributed by atoms with van der Waals surface area (Å²) in [6.45, 7) is 2.44. The molecule has 5 heteroatoms. The van der Waals surface area contributed by atoms with E-state index in [4.69, 9.17) is 0 Å². The minimum atomic E-state index is -0.592. The highest BCUT2D eigenvalue weighted by Gasteiger charge is 2.34. The molecule has 1 aliphatic carbocycles. The van der Waals surface area contributed by atoms with E-state index in [1.807, 2.05) is 37.3 Å². The van der Waals surface area contributed by atoms with E-state index in [1.54, 1.807) is 4.90 Å². The Hall–Kier alpha value is -2.69. The average Bonchev–Trinajstić information content (AvgIpc) is 3.45. The molecule has 1 atom stereocenters. The molecule has 4 nitrogen and oxygen atoms in total. The smallest absolute Gasteiger partial charge is 0.317 e. The highest BCUT2D eigenvalue weighted by Crippen LogP contribution is 2.35. The van der Waals surface area contributed by atoms with E-state index >= 15 is 0 Å². The molecule has 0 spiro atoms. The van der Waals surface area contributed by atoms with Crippen LogP contribution < -0.4 is 5.32 Å². The fourth-order valence-corrected chi connectivity index (χ4v) is 2.88. The maximum atomic E-state index is 13.3. The summed E-state index contributed by atoms with van der Waals surface area (Å²) in [7, 11) is 0. The molecule has 1 fully saturated rings. The van der Waals surface area contributed by atoms with Crippen molar-refractivity contribution >= 4 is 11.9 Å². The largest absolute Gasteiger partial charge is 0.324 e. The zero-order chi connectivity index (χ0) is 17.8. The molecule has 1 N–H and O–H groups in total. The van der Waals surface area contributed by atoms with Gasteiger partial charge in [0.15, 0.2) is 0 Å². The van der Waals surface area contributed by atoms with Crippen LogP contribution >= 0.6 is 0 Å². The van der Waals surface area contributed by atoms with Gasteiger partial charge in [0, 0.05) is 18.2 Å². The molecule has 2 aromatic carbocycles. The van der Waals surface area contributed by atoms with E-state index in [2.05, 4.69) is 5.32 Å². The van der Waals surface area contributed by atoms with E-state index in [9.17, 15) is 14.0 Å². The molecule has 0 aliphatic heterocycles. The molecule has 0 saturated heterocycles. The van der Waals surface area contributed by atoms with Gasteiger partial charge in [-0.3, -0.25) is 10.1 Å². The number of rotatable bonds is 5. The van der Waals surface area contributed by atoms with Crippen LogP contribution in [0.25, 0.3) is 0 Å². The Morgan fingerprint density at radius 1 is 1.16 bits per heavy atom. The van der Waals surface area contributed by atoms with E-state index in [-0.39, 0.29) is 11.6 Å². The van der Waals surface area contributed by atoms with Gasteiger partial charge in [0.25, 0.3) is 5.91 Å². The number of hydrogen-bond acceptors (Lipinski definition) is 2. The van der Waals surface area contributed by atoms with Crippen molar-refractivity contribution < 1.29 is 14.0 Å². The lowest BCUT2D eigenvalue weighted by Gasteiger charge is -2.29. The van der Waals surface area contributed by atoms with Crippen LogP contribution in [0.4, 0.5) is 9.18 Å². The van der Waals surface area contributed by atoms with Gasteiger partial charge in [0.1, 0.15) is 5.82 Å². The van der Waals surface area contributed by atoms with Gasteiger partial charge in [-0.25, -0.2) is 9.18 Å². The number of benzene rings is 2. The Bertz CT molecular complexity index is 759. The third kappa shape index (κ3) is 4.44. The molecule has 130 valence electrons. The number of carbonyl (C=O) groups excluding carboxylic acids is 2. The minimum absolute atomic E-state index is 0.0421. The van der Waals surface area contributed by atoms with Crippen LogP contribution in [-0.4, -0.2) is 22.9 Å². The predicted molar refractivity (Wildman–Crippen MR) is 93.4 cm³/mol. The summed E-state index contributed by atoms with van der Waals surface area (Å²) in [6.07, 6.45) is 2.19. The topological polar surface area (TPSA) is 49.4 Å². The Kier molecular flexibility index (Phi) is 5.12. The Labute approximate surface area is 146 Å². The maximum absolute atomic E-state index is 13.3. The zero-order valence-electron chi connectivity index (χ0n) is 14.1. The average molecular weight is 340 g/mol. The third-order valence-electron chi connectivity index (χ3n) is 4.56. The van der Waals surface area contributed by atoms with E-state index < -0.39 is 17.8 Å². The second-order valence-corrected chi connectivity index (χ2v) is 6.46. The first-order chi connectivity index (χ1) is 12.0. The van der Waals surface area contributed by atoms with Gasteiger partial charge in [-0.05, 0) is 49.4 Å². The summed E-state index contributed by atoms with van der Waals surface area (Å²) in [5, 5.41) is 2.39. The summed E-state index contributed by atoms with van der Waals surface area (Å²) in [6, 6.07) is 14.6. The van der Waals surface area contributed by atoms with Crippen LogP contribution in [-0.2, 0) is 6.54 Å². The SMILES string of the molecule is C[C@@H](C1CC1)N(Cc1ccccc1)C(=O)NC(=O)c1cccc(F)c1. The molecule has 1 aliphatic rings. The van der Waals surface area contributed by atoms with Crippen LogP contribution in [0.3, 0.4) is 0 Å². The summed E-state index contributed by atoms with van der Waals surface area (Å²) in [4.78, 5) is 26.6. The van der Waals surface area contributed by atoms with Crippen molar-refractivity contribution in [3.8, 4) is 0 Å². The highest BCUT2D eigenvalue weighted by molar-refractivity contribution is 6.04. The molecule has 3 amide bonds. The summed E-state index contributed by atoms with van der Waals surface area (Å²) in [5.41, 5.74) is 1.13. The predicted octanol–water partition coefficient (Wildman–Crippen LogP) is 3.98. The monoisotopic (exact) mass is 340 g/mol. The fraction of sp³-hybridized carbons (Fsp3) is 0.300. The summed E-state index contributed by atoms with van der Waals surface area (Å²) >= 11 is 0. The van der Waals surface area contributed by atoms with E-state index in [1.165, 1.54) is 18.2 Å². The van der Waals surface area contributed by atoms with Crippen LogP contribution in [0.2, 0.25) is 0 Å². The molecule has 0 unspecified atom stereocenters. The van der Waals surface area contributed by atoms with Crippen LogP contribution in [0.5, 0.6) is 0 Å². The van der Waals surface area contributed by atoms with Gasteiger partial charge in [-0.15, -0.1) is 0 Å². The Morgan fingerprint density at radius 2 is 1.88 bits per heavy atom. The van der Waals surface area contributed by atoms with Gasteiger partial charge in [-0.2, -0.15) is 0 Å². The first-order valence-electron chi connectivity index (χ1n) is 8.46. The quantitative estimate of drug-likeness (QED) is 0.895. The van der Waals surface area contributed by atoms with Gasteiger partial charge in [-0.1, -0.05) is 36.4 Å². The second-order valence-electron chi connectivity index (χ2n) is 6.46. The highest BCUT2D eigenvalue weighted by atomic mass is 19.1. The molecule has 25 heavy (non-hydrogen) atoms. The van der Waals surface area contributed by atoms with Gasteiger partial charge in [0.2, 0.25) is 0 Å². The second kappa shape index (κ2) is 7.47. The van der Waals surface area contributed by atoms with E-state index in [0.29, 0.717) is 12.5 Å². The Morgan fingerprint density at radius 3 is 2.52 bits per heavy atom. The molecule has 1 saturated carbocycles. The van der Waals surface area contributed by atoms with Gasteiger partial charge >= 0.3 is 6.03 Å². The van der Waals surface area contributed by atoms with Crippen LogP contribution in [0.1, 0.15) is 35.7 Å². The third-order valence-corrected chi connectivity index (χ3v) is 4.56. The maximum Gasteiger partial charge on any atom is 0.324 e. The first-order valence-corrected chi connectivity index (χ1v) is 8.46. The number of imide groups is 1. The molecule has 0 bridgehead atoms. The van der Waals surface area contributed by atoms with Gasteiger partial charge in [0.05, 0.1) is 0 Å². The zero-order valence-corrected chi connectivity index (χ0v) is 14.1. The van der Waals surface area contributed by atoms with Crippen molar-refractivity contribution in [2.75, 3.05) is 0 Å². The van der Waals surface area contributed by atoms with Crippen molar-refractivity contribution in [3.05, 3.63) is 71.5 Å². The fourth-order valence-electron chi connectivity index (χ4n) is 2.88. The molecule has 0 heterocycles. The van der Waals surface area contributed by atoms with Crippen molar-refractivity contribution in [1.29, 1.82) is 0 Å². The Balaban J connectivity index is 1.73. The van der Waals surface area contributed by atoms with Crippen LogP contribution in [0, 0.1) is 11.7 Å².